The van der Waals surface area contributed by atoms with E-state index in [1.165, 1.54) is 12.1 Å². The van der Waals surface area contributed by atoms with Crippen LogP contribution < -0.4 is 10.2 Å². The Hall–Kier alpha value is -3.01. The molecule has 4 rings (SSSR count). The van der Waals surface area contributed by atoms with E-state index >= 15 is 0 Å². The summed E-state index contributed by atoms with van der Waals surface area (Å²) in [7, 11) is 0. The molecule has 3 heterocycles. The molecule has 0 saturated carbocycles. The lowest BCUT2D eigenvalue weighted by Gasteiger charge is -2.34. The van der Waals surface area contributed by atoms with Gasteiger partial charge >= 0.3 is 6.18 Å². The van der Waals surface area contributed by atoms with Gasteiger partial charge in [0, 0.05) is 48.7 Å². The van der Waals surface area contributed by atoms with E-state index in [2.05, 4.69) is 37.2 Å². The van der Waals surface area contributed by atoms with E-state index in [1.807, 2.05) is 13.0 Å². The summed E-state index contributed by atoms with van der Waals surface area (Å²) in [6, 6.07) is 4.43. The molecular weight excluding hydrogens is 436 g/mol. The molecule has 3 aromatic rings. The molecule has 6 nitrogen and oxygen atoms in total. The predicted octanol–water partition coefficient (Wildman–Crippen LogP) is 4.81. The van der Waals surface area contributed by atoms with Crippen LogP contribution >= 0.6 is 0 Å². The summed E-state index contributed by atoms with van der Waals surface area (Å²) in [5, 5.41) is 13.0. The van der Waals surface area contributed by atoms with Gasteiger partial charge in [0.15, 0.2) is 5.82 Å². The Balaban J connectivity index is 1.66. The first-order valence-corrected chi connectivity index (χ1v) is 10.9. The van der Waals surface area contributed by atoms with Crippen molar-refractivity contribution in [3.05, 3.63) is 53.1 Å². The number of nitrogens with one attached hydrogen (secondary N) is 1. The van der Waals surface area contributed by atoms with Gasteiger partial charge in [0.05, 0.1) is 17.3 Å². The Morgan fingerprint density at radius 3 is 2.48 bits per heavy atom. The van der Waals surface area contributed by atoms with Crippen molar-refractivity contribution in [2.75, 3.05) is 42.9 Å². The molecule has 0 bridgehead atoms. The number of rotatable bonds is 5. The first-order valence-electron chi connectivity index (χ1n) is 10.9. The maximum Gasteiger partial charge on any atom is 0.419 e. The Morgan fingerprint density at radius 1 is 1.09 bits per heavy atom. The molecule has 0 amide bonds. The van der Waals surface area contributed by atoms with E-state index < -0.39 is 23.6 Å². The topological polar surface area (TPSA) is 57.2 Å². The highest BCUT2D eigenvalue weighted by Gasteiger charge is 2.35. The summed E-state index contributed by atoms with van der Waals surface area (Å²) in [5.41, 5.74) is -0.695. The SMILES string of the molecule is CCN1CCN(c2cc3c(N[C@H](C)c4cccc(C(F)(F)F)c4F)nnc(C)c3cn2)CC1. The van der Waals surface area contributed by atoms with Gasteiger partial charge in [0.2, 0.25) is 0 Å². The molecule has 0 unspecified atom stereocenters. The summed E-state index contributed by atoms with van der Waals surface area (Å²) in [6.07, 6.45) is -3.03. The summed E-state index contributed by atoms with van der Waals surface area (Å²) in [5.74, 6) is -0.118. The second kappa shape index (κ2) is 9.09. The van der Waals surface area contributed by atoms with E-state index in [9.17, 15) is 17.6 Å². The van der Waals surface area contributed by atoms with Crippen LogP contribution in [0.2, 0.25) is 0 Å². The van der Waals surface area contributed by atoms with Crippen LogP contribution in [0.4, 0.5) is 29.2 Å². The van der Waals surface area contributed by atoms with Crippen molar-refractivity contribution in [1.29, 1.82) is 0 Å². The number of alkyl halides is 3. The lowest BCUT2D eigenvalue weighted by Crippen LogP contribution is -2.46. The minimum atomic E-state index is -4.77. The monoisotopic (exact) mass is 462 g/mol. The zero-order valence-corrected chi connectivity index (χ0v) is 18.7. The third kappa shape index (κ3) is 4.71. The van der Waals surface area contributed by atoms with Gasteiger partial charge in [0.1, 0.15) is 11.6 Å². The summed E-state index contributed by atoms with van der Waals surface area (Å²) >= 11 is 0. The van der Waals surface area contributed by atoms with E-state index in [1.54, 1.807) is 13.1 Å². The zero-order chi connectivity index (χ0) is 23.8. The quantitative estimate of drug-likeness (QED) is 0.550. The van der Waals surface area contributed by atoms with Crippen molar-refractivity contribution in [3.8, 4) is 0 Å². The molecule has 1 atom stereocenters. The lowest BCUT2D eigenvalue weighted by molar-refractivity contribution is -0.140. The standard InChI is InChI=1S/C23H26F4N6/c1-4-32-8-10-33(11-9-32)20-12-17-18(13-28-20)15(3)30-31-22(17)29-14(2)16-6-5-7-19(21(16)24)23(25,26)27/h5-7,12-14H,4,8-11H2,1-3H3,(H,29,31)/t14-/m1/s1. The van der Waals surface area contributed by atoms with Crippen LogP contribution in [0.1, 0.15) is 36.7 Å². The Bertz CT molecular complexity index is 1140. The number of piperazine rings is 1. The van der Waals surface area contributed by atoms with Gasteiger partial charge in [-0.15, -0.1) is 5.10 Å². The summed E-state index contributed by atoms with van der Waals surface area (Å²) in [4.78, 5) is 9.16. The second-order valence-corrected chi connectivity index (χ2v) is 8.22. The van der Waals surface area contributed by atoms with Crippen LogP contribution in [0.15, 0.2) is 30.5 Å². The number of aryl methyl sites for hydroxylation is 1. The number of hydrogen-bond donors (Lipinski definition) is 1. The van der Waals surface area contributed by atoms with Crippen LogP contribution in [0, 0.1) is 12.7 Å². The molecule has 1 aliphatic rings. The number of anilines is 2. The molecule has 33 heavy (non-hydrogen) atoms. The average molecular weight is 462 g/mol. The number of aromatic nitrogens is 3. The highest BCUT2D eigenvalue weighted by atomic mass is 19.4. The second-order valence-electron chi connectivity index (χ2n) is 8.22. The molecule has 2 aromatic heterocycles. The van der Waals surface area contributed by atoms with E-state index in [-0.39, 0.29) is 5.56 Å². The fourth-order valence-corrected chi connectivity index (χ4v) is 4.12. The number of nitrogens with zero attached hydrogens (tertiary/aromatic N) is 5. The number of pyridine rings is 1. The minimum Gasteiger partial charge on any atom is -0.361 e. The van der Waals surface area contributed by atoms with Crippen LogP contribution in [0.25, 0.3) is 10.8 Å². The number of fused-ring (bicyclic) bond motifs is 1. The van der Waals surface area contributed by atoms with Crippen molar-refractivity contribution in [3.63, 3.8) is 0 Å². The van der Waals surface area contributed by atoms with Gasteiger partial charge in [-0.05, 0) is 32.5 Å². The first-order chi connectivity index (χ1) is 15.7. The van der Waals surface area contributed by atoms with Crippen LogP contribution in [-0.4, -0.2) is 52.8 Å². The van der Waals surface area contributed by atoms with E-state index in [4.69, 9.17) is 0 Å². The molecule has 1 aromatic carbocycles. The summed E-state index contributed by atoms with van der Waals surface area (Å²) in [6.45, 7) is 10.1. The van der Waals surface area contributed by atoms with Crippen molar-refractivity contribution in [2.45, 2.75) is 33.0 Å². The van der Waals surface area contributed by atoms with Gasteiger partial charge in [-0.1, -0.05) is 19.1 Å². The third-order valence-corrected chi connectivity index (χ3v) is 6.13. The fourth-order valence-electron chi connectivity index (χ4n) is 4.12. The predicted molar refractivity (Wildman–Crippen MR) is 120 cm³/mol. The molecular formula is C23H26F4N6. The Labute approximate surface area is 189 Å². The minimum absolute atomic E-state index is 0.0923. The fraction of sp³-hybridized carbons (Fsp3) is 0.435. The number of hydrogen-bond acceptors (Lipinski definition) is 6. The molecule has 1 saturated heterocycles. The zero-order valence-electron chi connectivity index (χ0n) is 18.7. The number of halogens is 4. The highest BCUT2D eigenvalue weighted by Crippen LogP contribution is 2.35. The van der Waals surface area contributed by atoms with Gasteiger partial charge in [-0.25, -0.2) is 9.37 Å². The van der Waals surface area contributed by atoms with E-state index in [0.717, 1.165) is 55.4 Å². The molecule has 0 spiro atoms. The summed E-state index contributed by atoms with van der Waals surface area (Å²) < 4.78 is 54.1. The maximum atomic E-state index is 14.7. The van der Waals surface area contributed by atoms with Crippen LogP contribution in [-0.2, 0) is 6.18 Å². The van der Waals surface area contributed by atoms with Crippen molar-refractivity contribution < 1.29 is 17.6 Å². The maximum absolute atomic E-state index is 14.7. The third-order valence-electron chi connectivity index (χ3n) is 6.13. The largest absolute Gasteiger partial charge is 0.419 e. The van der Waals surface area contributed by atoms with Crippen LogP contribution in [0.5, 0.6) is 0 Å². The van der Waals surface area contributed by atoms with Crippen molar-refractivity contribution in [1.82, 2.24) is 20.1 Å². The van der Waals surface area contributed by atoms with E-state index in [0.29, 0.717) is 11.5 Å². The van der Waals surface area contributed by atoms with Gasteiger partial charge in [-0.3, -0.25) is 0 Å². The van der Waals surface area contributed by atoms with Crippen molar-refractivity contribution in [2.24, 2.45) is 0 Å². The average Bonchev–Trinajstić information content (AvgIpc) is 2.80. The number of benzene rings is 1. The first kappa shape index (κ1) is 23.2. The highest BCUT2D eigenvalue weighted by molar-refractivity contribution is 5.94. The smallest absolute Gasteiger partial charge is 0.361 e. The molecule has 1 N–H and O–H groups in total. The van der Waals surface area contributed by atoms with Gasteiger partial charge < -0.3 is 15.1 Å². The lowest BCUT2D eigenvalue weighted by atomic mass is 10.0. The molecule has 176 valence electrons. The Kier molecular flexibility index (Phi) is 6.38. The van der Waals surface area contributed by atoms with Crippen LogP contribution in [0.3, 0.4) is 0 Å². The number of likely N-dealkylation sites (N-methyl/N-ethyl adjacent to an activating group) is 1. The molecule has 10 heteroatoms. The normalized spacial score (nSPS) is 16.3. The molecule has 1 fully saturated rings. The molecule has 0 aliphatic carbocycles. The van der Waals surface area contributed by atoms with Crippen molar-refractivity contribution >= 4 is 22.4 Å². The Morgan fingerprint density at radius 2 is 1.82 bits per heavy atom. The van der Waals surface area contributed by atoms with Gasteiger partial charge in [-0.2, -0.15) is 18.3 Å². The molecule has 0 radical (unpaired) electrons. The van der Waals surface area contributed by atoms with Gasteiger partial charge in [0.25, 0.3) is 0 Å². The molecule has 1 aliphatic heterocycles.